The third-order valence-electron chi connectivity index (χ3n) is 3.35. The molecule has 0 saturated carbocycles. The molecule has 9 heteroatoms. The quantitative estimate of drug-likeness (QED) is 0.621. The third-order valence-corrected chi connectivity index (χ3v) is 4.94. The number of carbonyl (C=O) groups excluding carboxylic acids is 1. The summed E-state index contributed by atoms with van der Waals surface area (Å²) >= 11 is 13.4. The molecular weight excluding hydrogens is 398 g/mol. The fraction of sp³-hybridized carbons (Fsp3) is 0.118. The number of hydrogen-bond donors (Lipinski definition) is 1. The van der Waals surface area contributed by atoms with Gasteiger partial charge in [0.2, 0.25) is 5.91 Å². The number of carbonyl (C=O) groups is 1. The number of benzene rings is 2. The Kier molecular flexibility index (Phi) is 5.80. The van der Waals surface area contributed by atoms with E-state index in [2.05, 4.69) is 15.4 Å². The molecule has 26 heavy (non-hydrogen) atoms. The second-order valence-corrected chi connectivity index (χ2v) is 7.10. The molecule has 0 fully saturated rings. The largest absolute Gasteiger partial charge is 0.325 e. The zero-order valence-corrected chi connectivity index (χ0v) is 15.9. The van der Waals surface area contributed by atoms with Crippen LogP contribution in [-0.4, -0.2) is 26.4 Å². The monoisotopic (exact) mass is 410 g/mol. The summed E-state index contributed by atoms with van der Waals surface area (Å²) in [6.07, 6.45) is 0. The SMILES string of the molecule is Cn1nc(-c2cc(Cl)ccc2Cl)nc1SCC(=O)Nc1ccc(F)cc1. The number of amides is 1. The van der Waals surface area contributed by atoms with Crippen molar-refractivity contribution in [3.05, 3.63) is 58.3 Å². The van der Waals surface area contributed by atoms with Crippen molar-refractivity contribution in [2.45, 2.75) is 5.16 Å². The van der Waals surface area contributed by atoms with Crippen molar-refractivity contribution < 1.29 is 9.18 Å². The molecule has 3 rings (SSSR count). The molecular formula is C17H13Cl2FN4OS. The number of aryl methyl sites for hydroxylation is 1. The fourth-order valence-corrected chi connectivity index (χ4v) is 3.22. The van der Waals surface area contributed by atoms with Gasteiger partial charge in [-0.1, -0.05) is 35.0 Å². The van der Waals surface area contributed by atoms with Crippen LogP contribution in [0.5, 0.6) is 0 Å². The van der Waals surface area contributed by atoms with Gasteiger partial charge < -0.3 is 5.32 Å². The van der Waals surface area contributed by atoms with Crippen LogP contribution in [0, 0.1) is 5.82 Å². The van der Waals surface area contributed by atoms with Gasteiger partial charge in [0, 0.05) is 23.3 Å². The average molecular weight is 411 g/mol. The lowest BCUT2D eigenvalue weighted by Gasteiger charge is -2.04. The molecule has 134 valence electrons. The van der Waals surface area contributed by atoms with E-state index in [-0.39, 0.29) is 17.5 Å². The third kappa shape index (κ3) is 4.55. The van der Waals surface area contributed by atoms with E-state index in [1.807, 2.05) is 0 Å². The molecule has 5 nitrogen and oxygen atoms in total. The summed E-state index contributed by atoms with van der Waals surface area (Å²) in [7, 11) is 1.73. The topological polar surface area (TPSA) is 59.8 Å². The van der Waals surface area contributed by atoms with Crippen LogP contribution in [0.15, 0.2) is 47.6 Å². The molecule has 0 aliphatic carbocycles. The Bertz CT molecular complexity index is 946. The maximum absolute atomic E-state index is 12.9. The van der Waals surface area contributed by atoms with Gasteiger partial charge in [0.15, 0.2) is 11.0 Å². The number of nitrogens with one attached hydrogen (secondary N) is 1. The molecule has 0 bridgehead atoms. The summed E-state index contributed by atoms with van der Waals surface area (Å²) in [4.78, 5) is 16.5. The van der Waals surface area contributed by atoms with Crippen LogP contribution in [0.2, 0.25) is 10.0 Å². The number of anilines is 1. The lowest BCUT2D eigenvalue weighted by atomic mass is 10.2. The molecule has 0 aliphatic heterocycles. The van der Waals surface area contributed by atoms with Crippen LogP contribution in [-0.2, 0) is 11.8 Å². The molecule has 0 spiro atoms. The highest BCUT2D eigenvalue weighted by Crippen LogP contribution is 2.29. The Hall–Kier alpha value is -2.09. The molecule has 0 aliphatic rings. The zero-order valence-electron chi connectivity index (χ0n) is 13.5. The van der Waals surface area contributed by atoms with E-state index in [0.29, 0.717) is 32.3 Å². The van der Waals surface area contributed by atoms with Crippen LogP contribution in [0.4, 0.5) is 10.1 Å². The van der Waals surface area contributed by atoms with E-state index >= 15 is 0 Å². The first-order chi connectivity index (χ1) is 12.4. The van der Waals surface area contributed by atoms with E-state index < -0.39 is 0 Å². The summed E-state index contributed by atoms with van der Waals surface area (Å²) in [5.41, 5.74) is 1.15. The van der Waals surface area contributed by atoms with Crippen molar-refractivity contribution in [1.82, 2.24) is 14.8 Å². The van der Waals surface area contributed by atoms with Crippen molar-refractivity contribution in [3.63, 3.8) is 0 Å². The Morgan fingerprint density at radius 3 is 2.69 bits per heavy atom. The number of aromatic nitrogens is 3. The van der Waals surface area contributed by atoms with Crippen LogP contribution in [0.25, 0.3) is 11.4 Å². The zero-order chi connectivity index (χ0) is 18.7. The van der Waals surface area contributed by atoms with Gasteiger partial charge in [0.1, 0.15) is 5.82 Å². The fourth-order valence-electron chi connectivity index (χ4n) is 2.14. The normalized spacial score (nSPS) is 10.8. The first-order valence-electron chi connectivity index (χ1n) is 7.47. The van der Waals surface area contributed by atoms with Crippen LogP contribution < -0.4 is 5.32 Å². The van der Waals surface area contributed by atoms with Gasteiger partial charge in [-0.2, -0.15) is 5.10 Å². The lowest BCUT2D eigenvalue weighted by molar-refractivity contribution is -0.113. The number of rotatable bonds is 5. The van der Waals surface area contributed by atoms with E-state index in [1.54, 1.807) is 29.9 Å². The lowest BCUT2D eigenvalue weighted by Crippen LogP contribution is -2.14. The van der Waals surface area contributed by atoms with Gasteiger partial charge >= 0.3 is 0 Å². The molecule has 0 atom stereocenters. The molecule has 0 saturated heterocycles. The van der Waals surface area contributed by atoms with Gasteiger partial charge in [-0.05, 0) is 42.5 Å². The summed E-state index contributed by atoms with van der Waals surface area (Å²) in [6, 6.07) is 10.6. The molecule has 1 heterocycles. The summed E-state index contributed by atoms with van der Waals surface area (Å²) in [5.74, 6) is -0.0239. The number of nitrogens with zero attached hydrogens (tertiary/aromatic N) is 3. The highest BCUT2D eigenvalue weighted by molar-refractivity contribution is 7.99. The highest BCUT2D eigenvalue weighted by atomic mass is 35.5. The second-order valence-electron chi connectivity index (χ2n) is 5.31. The summed E-state index contributed by atoms with van der Waals surface area (Å²) in [6.45, 7) is 0. The van der Waals surface area contributed by atoms with E-state index in [9.17, 15) is 9.18 Å². The summed E-state index contributed by atoms with van der Waals surface area (Å²) in [5, 5.41) is 8.60. The van der Waals surface area contributed by atoms with Gasteiger partial charge in [-0.3, -0.25) is 4.79 Å². The second kappa shape index (κ2) is 8.07. The minimum atomic E-state index is -0.358. The van der Waals surface area contributed by atoms with Crippen molar-refractivity contribution in [3.8, 4) is 11.4 Å². The average Bonchev–Trinajstić information content (AvgIpc) is 2.98. The van der Waals surface area contributed by atoms with E-state index in [4.69, 9.17) is 23.2 Å². The van der Waals surface area contributed by atoms with Crippen molar-refractivity contribution >= 4 is 46.6 Å². The Balaban J connectivity index is 1.67. The predicted molar refractivity (Wildman–Crippen MR) is 102 cm³/mol. The van der Waals surface area contributed by atoms with Crippen molar-refractivity contribution in [2.24, 2.45) is 7.05 Å². The van der Waals surface area contributed by atoms with E-state index in [0.717, 1.165) is 0 Å². The Morgan fingerprint density at radius 2 is 1.96 bits per heavy atom. The Labute approximate surface area is 163 Å². The predicted octanol–water partition coefficient (Wildman–Crippen LogP) is 4.66. The number of halogens is 3. The van der Waals surface area contributed by atoms with Gasteiger partial charge in [0.05, 0.1) is 10.8 Å². The van der Waals surface area contributed by atoms with Crippen LogP contribution >= 0.6 is 35.0 Å². The standard InChI is InChI=1S/C17H13Cl2FN4OS/c1-24-17(22-16(23-24)13-8-10(18)2-7-14(13)19)26-9-15(25)21-12-5-3-11(20)4-6-12/h2-8H,9H2,1H3,(H,21,25). The smallest absolute Gasteiger partial charge is 0.234 e. The van der Waals surface area contributed by atoms with Gasteiger partial charge in [-0.25, -0.2) is 14.1 Å². The number of thioether (sulfide) groups is 1. The molecule has 1 N–H and O–H groups in total. The van der Waals surface area contributed by atoms with Gasteiger partial charge in [-0.15, -0.1) is 0 Å². The molecule has 1 aromatic heterocycles. The first kappa shape index (κ1) is 18.7. The summed E-state index contributed by atoms with van der Waals surface area (Å²) < 4.78 is 14.5. The minimum absolute atomic E-state index is 0.132. The molecule has 0 unspecified atom stereocenters. The minimum Gasteiger partial charge on any atom is -0.325 e. The molecule has 3 aromatic rings. The van der Waals surface area contributed by atoms with E-state index in [1.165, 1.54) is 36.0 Å². The molecule has 2 aromatic carbocycles. The van der Waals surface area contributed by atoms with Crippen molar-refractivity contribution in [1.29, 1.82) is 0 Å². The maximum Gasteiger partial charge on any atom is 0.234 e. The van der Waals surface area contributed by atoms with Crippen LogP contribution in [0.3, 0.4) is 0 Å². The maximum atomic E-state index is 12.9. The molecule has 1 amide bonds. The van der Waals surface area contributed by atoms with Crippen LogP contribution in [0.1, 0.15) is 0 Å². The van der Waals surface area contributed by atoms with Crippen molar-refractivity contribution in [2.75, 3.05) is 11.1 Å². The van der Waals surface area contributed by atoms with Gasteiger partial charge in [0.25, 0.3) is 0 Å². The molecule has 0 radical (unpaired) electrons. The Morgan fingerprint density at radius 1 is 1.23 bits per heavy atom. The highest BCUT2D eigenvalue weighted by Gasteiger charge is 2.14. The first-order valence-corrected chi connectivity index (χ1v) is 9.21. The number of hydrogen-bond acceptors (Lipinski definition) is 4.